The Balaban J connectivity index is 0.792. The Bertz CT molecular complexity index is 5560. The van der Waals surface area contributed by atoms with Crippen molar-refractivity contribution in [2.75, 3.05) is 39.5 Å². The number of rotatable bonds is 7. The molecule has 132 heavy (non-hydrogen) atoms. The van der Waals surface area contributed by atoms with Crippen molar-refractivity contribution < 1.29 is 91.4 Å². The highest BCUT2D eigenvalue weighted by Crippen LogP contribution is 2.44. The highest BCUT2D eigenvalue weighted by molar-refractivity contribution is 5.97. The monoisotopic (exact) mass is 1810 g/mol. The van der Waals surface area contributed by atoms with E-state index in [1.54, 1.807) is 122 Å². The summed E-state index contributed by atoms with van der Waals surface area (Å²) >= 11 is 0. The molecule has 704 valence electrons. The summed E-state index contributed by atoms with van der Waals surface area (Å²) < 4.78 is 31.3. The number of pyridine rings is 3. The fourth-order valence-corrected chi connectivity index (χ4v) is 19.3. The van der Waals surface area contributed by atoms with Crippen LogP contribution in [-0.4, -0.2) is 223 Å². The van der Waals surface area contributed by atoms with E-state index in [0.29, 0.717) is 104 Å². The number of ether oxygens (including phenoxy) is 5. The van der Waals surface area contributed by atoms with E-state index in [2.05, 4.69) is 48.2 Å². The van der Waals surface area contributed by atoms with Gasteiger partial charge < -0.3 is 65.8 Å². The molecule has 34 nitrogen and oxygen atoms in total. The topological polar surface area (TPSA) is 448 Å². The van der Waals surface area contributed by atoms with Crippen LogP contribution in [0.2, 0.25) is 0 Å². The molecule has 6 aromatic rings. The summed E-state index contributed by atoms with van der Waals surface area (Å²) in [6.07, 6.45) is 7.22. The van der Waals surface area contributed by atoms with E-state index in [9.17, 15) is 34.2 Å². The quantitative estimate of drug-likeness (QED) is 0.0560. The summed E-state index contributed by atoms with van der Waals surface area (Å²) in [7, 11) is 0. The van der Waals surface area contributed by atoms with E-state index >= 15 is 33.6 Å². The Morgan fingerprint density at radius 2 is 0.917 bits per heavy atom. The molecule has 3 aromatic heterocycles. The number of carbonyl (C=O) groups excluding carboxylic acids is 12. The van der Waals surface area contributed by atoms with Crippen LogP contribution in [0.5, 0.6) is 0 Å². The maximum absolute atomic E-state index is 16.0. The Labute approximate surface area is 766 Å². The van der Waals surface area contributed by atoms with Gasteiger partial charge in [0.05, 0.1) is 94.6 Å². The molecule has 2 unspecified atom stereocenters. The molecule has 2 aliphatic carbocycles. The van der Waals surface area contributed by atoms with Crippen LogP contribution in [0.15, 0.2) is 97.1 Å². The van der Waals surface area contributed by atoms with Crippen molar-refractivity contribution in [3.63, 3.8) is 0 Å². The van der Waals surface area contributed by atoms with E-state index in [-0.39, 0.29) is 110 Å². The van der Waals surface area contributed by atoms with Gasteiger partial charge in [-0.1, -0.05) is 107 Å². The van der Waals surface area contributed by atoms with E-state index in [1.165, 1.54) is 28.9 Å². The van der Waals surface area contributed by atoms with Crippen LogP contribution in [0.4, 0.5) is 0 Å². The normalized spacial score (nSPS) is 31.8. The minimum atomic E-state index is -1.81. The number of amides is 9. The second-order valence-corrected chi connectivity index (χ2v) is 38.4. The van der Waals surface area contributed by atoms with Crippen molar-refractivity contribution in [3.8, 4) is 0 Å². The second kappa shape index (κ2) is 39.7. The maximum Gasteiger partial charge on any atom is 0.345 e. The Morgan fingerprint density at radius 1 is 0.447 bits per heavy atom. The minimum absolute atomic E-state index is 0.000366. The number of hydrogen-bond donors (Lipinski definition) is 11. The molecule has 10 heterocycles. The van der Waals surface area contributed by atoms with Gasteiger partial charge >= 0.3 is 17.9 Å². The summed E-state index contributed by atoms with van der Waals surface area (Å²) in [5, 5.41) is 46.0. The highest BCUT2D eigenvalue weighted by Gasteiger charge is 2.50. The van der Waals surface area contributed by atoms with Crippen LogP contribution < -0.4 is 48.2 Å². The SMILES string of the molecule is CC(C)[C@@H]1OC(=O)[C@]2(/C=C/c3ccc4ccc(nc4c3)[C@@H](C)NC(=O)[C@@H]3CCCN(N3)C(=O)[C@H](Cc3cc4nc5cc(ccc35)/C=C/C3(CCC(O)CC3)C(=O)O[C@@H](C(C)Cc3cc5cc6nc(ccc36)[C@@H](C)NC(=O)[C@@H]3CCCN(N3)C(=O)[C@H](C)NC(=O)[C@@H](C(C)C)OC(=O)C3(C=C5)CCC(O)CC3)C(=O)N[C@@H](C)C(=O)N3CCCC(C)(N3)C(=O)N[C@@H]4C)NC1=O)COCCO2. The zero-order valence-electron chi connectivity index (χ0n) is 76.8. The van der Waals surface area contributed by atoms with Gasteiger partial charge in [-0.05, 0) is 220 Å². The molecule has 15 bridgehead atoms. The van der Waals surface area contributed by atoms with Crippen molar-refractivity contribution in [2.24, 2.45) is 28.6 Å². The van der Waals surface area contributed by atoms with Crippen LogP contribution in [-0.2, 0) is 94.1 Å². The molecule has 7 aliphatic heterocycles. The summed E-state index contributed by atoms with van der Waals surface area (Å²) in [5.41, 5.74) is 8.79. The van der Waals surface area contributed by atoms with Gasteiger partial charge in [-0.25, -0.2) is 21.1 Å². The molecule has 14 atom stereocenters. The highest BCUT2D eigenvalue weighted by atomic mass is 16.6. The van der Waals surface area contributed by atoms with Crippen molar-refractivity contribution in [1.29, 1.82) is 0 Å². The van der Waals surface area contributed by atoms with Gasteiger partial charge in [0, 0.05) is 48.1 Å². The number of benzene rings is 3. The van der Waals surface area contributed by atoms with Crippen molar-refractivity contribution in [2.45, 2.75) is 269 Å². The average molecular weight is 1820 g/mol. The van der Waals surface area contributed by atoms with Gasteiger partial charge in [-0.15, -0.1) is 0 Å². The van der Waals surface area contributed by atoms with Crippen LogP contribution >= 0.6 is 0 Å². The number of nitrogens with one attached hydrogen (secondary N) is 9. The summed E-state index contributed by atoms with van der Waals surface area (Å²) in [6.45, 7) is 19.0. The van der Waals surface area contributed by atoms with Gasteiger partial charge in [0.25, 0.3) is 35.4 Å². The number of nitrogens with zero attached hydrogens (tertiary/aromatic N) is 6. The van der Waals surface area contributed by atoms with E-state index < -0.39 is 190 Å². The fraction of sp³-hybridized carbons (Fsp3) is 0.541. The van der Waals surface area contributed by atoms with E-state index in [0.717, 1.165) is 5.39 Å². The largest absolute Gasteiger partial charge is 0.451 e. The molecule has 9 aliphatic rings. The van der Waals surface area contributed by atoms with Gasteiger partial charge in [0.1, 0.15) is 35.7 Å². The standard InChI is InChI=1S/C98H123N15O19/c1-53(2)80-85(118)101-59(9)88(121)111-40-12-15-73(108-111)83(116)100-57(7)72-24-22-70-65(46-63(49-78(70)105-72)26-34-97(92(125)130-80)37-30-68(115)31-38-97)45-55(5)82-87(120)102-60(10)89(122)113-42-14-32-95(11,110-113)91(124)103-58(8)75-50-66(69-21-18-62(48-77(69)106-75)25-33-96(93(126)132-82)35-28-67(114)29-36-96)51-79-90(123)112-41-13-16-74(109-112)84(117)99-56(6)71-23-20-64-19-17-61(47-76(64)104-71)27-39-98(52-128-43-44-129-98)94(127)131-81(54(3)4)86(119)107-79/h17-27,33-34,39,46-50,53-60,67-68,73-74,79-82,108-110,114-115H,12-16,28-32,35-38,40-45,51-52H2,1-11H3,(H,99,117)(H,100,116)(H,101,118)(H,102,120)(H,103,124)(H,107,119)/b33-25+,34-26?,39-27+/t55?,56-,57-,58-,59+,60+,67?,68?,73+,74+,79+,80-,81+,82+,95?,96?,97?,98+/m1/s1. The Kier molecular flexibility index (Phi) is 28.6. The number of cyclic esters (lactones) is 3. The third-order valence-corrected chi connectivity index (χ3v) is 27.5. The van der Waals surface area contributed by atoms with E-state index in [1.807, 2.05) is 55.5 Å². The summed E-state index contributed by atoms with van der Waals surface area (Å²) in [4.78, 5) is 195. The molecule has 34 heteroatoms. The van der Waals surface area contributed by atoms with Crippen LogP contribution in [0, 0.1) is 28.6 Å². The first-order valence-electron chi connectivity index (χ1n) is 46.6. The zero-order valence-corrected chi connectivity index (χ0v) is 76.8. The fourth-order valence-electron chi connectivity index (χ4n) is 19.3. The molecular weight excluding hydrogens is 1690 g/mol. The molecule has 2 saturated carbocycles. The zero-order chi connectivity index (χ0) is 94.0. The number of esters is 3. The van der Waals surface area contributed by atoms with Crippen LogP contribution in [0.3, 0.4) is 0 Å². The number of fused-ring (bicyclic) bond motifs is 12. The van der Waals surface area contributed by atoms with Gasteiger partial charge in [-0.2, -0.15) is 0 Å². The molecule has 9 amide bonds. The number of aliphatic hydroxyl groups excluding tert-OH is 2. The second-order valence-electron chi connectivity index (χ2n) is 38.4. The average Bonchev–Trinajstić information content (AvgIpc) is 0.837. The molecule has 15 rings (SSSR count). The lowest BCUT2D eigenvalue weighted by Gasteiger charge is -2.41. The van der Waals surface area contributed by atoms with Crippen LogP contribution in [0.1, 0.15) is 229 Å². The lowest BCUT2D eigenvalue weighted by molar-refractivity contribution is -0.195. The van der Waals surface area contributed by atoms with Gasteiger partial charge in [0.15, 0.2) is 18.3 Å². The van der Waals surface area contributed by atoms with Crippen molar-refractivity contribution >= 4 is 122 Å². The molecule has 3 aromatic carbocycles. The third kappa shape index (κ3) is 20.8. The van der Waals surface area contributed by atoms with Crippen molar-refractivity contribution in [3.05, 3.63) is 142 Å². The van der Waals surface area contributed by atoms with Crippen LogP contribution in [0.25, 0.3) is 50.9 Å². The Morgan fingerprint density at radius 3 is 1.52 bits per heavy atom. The molecule has 6 fully saturated rings. The summed E-state index contributed by atoms with van der Waals surface area (Å²) in [6, 6.07) is 15.9. The maximum atomic E-state index is 16.0. The van der Waals surface area contributed by atoms with E-state index in [4.69, 9.17) is 38.6 Å². The predicted octanol–water partition coefficient (Wildman–Crippen LogP) is 7.11. The number of carbonyl (C=O) groups is 12. The van der Waals surface area contributed by atoms with Crippen molar-refractivity contribution in [1.82, 2.24) is 78.2 Å². The number of hydrogen-bond acceptors (Lipinski definition) is 25. The molecular formula is C98H123N15O19. The number of hydrazine groups is 3. The molecule has 4 saturated heterocycles. The minimum Gasteiger partial charge on any atom is -0.451 e. The number of aliphatic hydroxyl groups is 2. The molecule has 3 spiro atoms. The third-order valence-electron chi connectivity index (χ3n) is 27.5. The lowest BCUT2D eigenvalue weighted by Crippen LogP contribution is -2.67. The first kappa shape index (κ1) is 95.1. The molecule has 0 radical (unpaired) electrons. The van der Waals surface area contributed by atoms with Gasteiger partial charge in [-0.3, -0.25) is 82.7 Å². The predicted molar refractivity (Wildman–Crippen MR) is 487 cm³/mol. The van der Waals surface area contributed by atoms with Gasteiger partial charge in [0.2, 0.25) is 23.3 Å². The lowest BCUT2D eigenvalue weighted by atomic mass is 9.72. The molecule has 11 N–H and O–H groups in total. The first-order valence-corrected chi connectivity index (χ1v) is 46.6. The number of aromatic nitrogens is 3. The first-order chi connectivity index (χ1) is 63.0. The smallest absolute Gasteiger partial charge is 0.345 e. The summed E-state index contributed by atoms with van der Waals surface area (Å²) in [5.74, 6) is -10.0. The Hall–Kier alpha value is -11.5.